The van der Waals surface area contributed by atoms with Crippen molar-refractivity contribution in [2.75, 3.05) is 21.6 Å². The minimum atomic E-state index is -3.92. The summed E-state index contributed by atoms with van der Waals surface area (Å²) in [5, 5.41) is 21.9. The molecule has 0 spiro atoms. The summed E-state index contributed by atoms with van der Waals surface area (Å²) in [6, 6.07) is 2.70. The Bertz CT molecular complexity index is 1040. The van der Waals surface area contributed by atoms with Crippen molar-refractivity contribution in [3.8, 4) is 0 Å². The van der Waals surface area contributed by atoms with Crippen molar-refractivity contribution in [2.45, 2.75) is 38.1 Å². The number of aromatic nitrogens is 2. The number of hydrogen-bond donors (Lipinski definition) is 1. The first-order valence-electron chi connectivity index (χ1n) is 8.91. The van der Waals surface area contributed by atoms with Crippen molar-refractivity contribution in [3.63, 3.8) is 0 Å². The molecule has 13 heteroatoms. The summed E-state index contributed by atoms with van der Waals surface area (Å²) < 4.78 is 26.5. The predicted molar refractivity (Wildman–Crippen MR) is 119 cm³/mol. The van der Waals surface area contributed by atoms with E-state index in [2.05, 4.69) is 29.4 Å². The molecule has 0 radical (unpaired) electrons. The number of nitro groups is 1. The molecule has 2 aromatic rings. The number of rotatable bonds is 9. The van der Waals surface area contributed by atoms with E-state index < -0.39 is 26.9 Å². The van der Waals surface area contributed by atoms with Crippen LogP contribution in [0.1, 0.15) is 26.3 Å². The van der Waals surface area contributed by atoms with Crippen molar-refractivity contribution in [1.29, 1.82) is 0 Å². The van der Waals surface area contributed by atoms with Gasteiger partial charge in [0.2, 0.25) is 21.1 Å². The van der Waals surface area contributed by atoms with Gasteiger partial charge in [0.15, 0.2) is 4.34 Å². The van der Waals surface area contributed by atoms with Gasteiger partial charge in [-0.2, -0.15) is 0 Å². The Labute approximate surface area is 183 Å². The Morgan fingerprint density at radius 3 is 2.57 bits per heavy atom. The average Bonchev–Trinajstić information content (AvgIpc) is 3.07. The molecule has 0 aliphatic rings. The highest BCUT2D eigenvalue weighted by Crippen LogP contribution is 2.30. The third-order valence-corrected chi connectivity index (χ3v) is 7.53. The molecule has 0 aliphatic carbocycles. The maximum atomic E-state index is 12.8. The average molecular weight is 474 g/mol. The lowest BCUT2D eigenvalue weighted by atomic mass is 10.1. The molecule has 0 fully saturated rings. The van der Waals surface area contributed by atoms with Crippen LogP contribution < -0.4 is 9.62 Å². The van der Waals surface area contributed by atoms with E-state index in [9.17, 15) is 23.3 Å². The molecule has 1 heterocycles. The number of anilines is 2. The Balaban J connectivity index is 2.28. The Morgan fingerprint density at radius 1 is 1.33 bits per heavy atom. The number of aryl methyl sites for hydroxylation is 1. The van der Waals surface area contributed by atoms with Crippen molar-refractivity contribution >= 4 is 55.5 Å². The fourth-order valence-corrected chi connectivity index (χ4v) is 5.45. The van der Waals surface area contributed by atoms with E-state index >= 15 is 0 Å². The van der Waals surface area contributed by atoms with Gasteiger partial charge < -0.3 is 0 Å². The second-order valence-electron chi connectivity index (χ2n) is 7.03. The van der Waals surface area contributed by atoms with Gasteiger partial charge in [0.25, 0.3) is 5.69 Å². The van der Waals surface area contributed by atoms with Gasteiger partial charge in [-0.25, -0.2) is 8.42 Å². The van der Waals surface area contributed by atoms with E-state index in [0.717, 1.165) is 22.4 Å². The Hall–Kier alpha value is -2.25. The van der Waals surface area contributed by atoms with E-state index in [1.807, 2.05) is 0 Å². The normalized spacial score (nSPS) is 12.6. The SMILES string of the molecule is Cc1ccc([N+](=O)[O-])cc1N([C@@H](C)C(=O)Nc1nnc(SCC(C)C)s1)S(C)(=O)=O. The molecule has 0 saturated heterocycles. The smallest absolute Gasteiger partial charge is 0.271 e. The molecule has 1 aromatic carbocycles. The van der Waals surface area contributed by atoms with Crippen molar-refractivity contribution in [1.82, 2.24) is 10.2 Å². The summed E-state index contributed by atoms with van der Waals surface area (Å²) in [5.41, 5.74) is 0.279. The molecule has 164 valence electrons. The quantitative estimate of drug-likeness (QED) is 0.254. The number of nitrogens with zero attached hydrogens (tertiary/aromatic N) is 4. The third kappa shape index (κ3) is 6.12. The molecule has 1 atom stereocenters. The minimum absolute atomic E-state index is 0.0693. The molecule has 10 nitrogen and oxygen atoms in total. The zero-order valence-corrected chi connectivity index (χ0v) is 19.6. The molecule has 0 aliphatic heterocycles. The number of sulfonamides is 1. The van der Waals surface area contributed by atoms with Crippen LogP contribution in [0.5, 0.6) is 0 Å². The highest BCUT2D eigenvalue weighted by molar-refractivity contribution is 8.01. The number of nitrogens with one attached hydrogen (secondary N) is 1. The van der Waals surface area contributed by atoms with E-state index in [0.29, 0.717) is 15.8 Å². The van der Waals surface area contributed by atoms with Gasteiger partial charge in [-0.05, 0) is 25.3 Å². The van der Waals surface area contributed by atoms with Crippen LogP contribution in [0.2, 0.25) is 0 Å². The summed E-state index contributed by atoms with van der Waals surface area (Å²) in [6.45, 7) is 7.18. The number of nitro benzene ring substituents is 1. The third-order valence-electron chi connectivity index (χ3n) is 3.91. The van der Waals surface area contributed by atoms with E-state index in [4.69, 9.17) is 0 Å². The number of hydrogen-bond acceptors (Lipinski definition) is 9. The van der Waals surface area contributed by atoms with Gasteiger partial charge in [0.1, 0.15) is 6.04 Å². The predicted octanol–water partition coefficient (Wildman–Crippen LogP) is 3.30. The number of carbonyl (C=O) groups is 1. The molecular formula is C17H23N5O5S3. The molecule has 0 bridgehead atoms. The summed E-state index contributed by atoms with van der Waals surface area (Å²) in [4.78, 5) is 23.3. The van der Waals surface area contributed by atoms with Gasteiger partial charge in [-0.1, -0.05) is 43.0 Å². The number of non-ortho nitro benzene ring substituents is 1. The lowest BCUT2D eigenvalue weighted by Gasteiger charge is -2.29. The summed E-state index contributed by atoms with van der Waals surface area (Å²) >= 11 is 2.72. The Kier molecular flexibility index (Phi) is 7.77. The maximum absolute atomic E-state index is 12.8. The second-order valence-corrected chi connectivity index (χ2v) is 11.1. The van der Waals surface area contributed by atoms with Crippen molar-refractivity contribution in [2.24, 2.45) is 5.92 Å². The number of thioether (sulfide) groups is 1. The highest BCUT2D eigenvalue weighted by atomic mass is 32.2. The van der Waals surface area contributed by atoms with Crippen LogP contribution in [-0.2, 0) is 14.8 Å². The lowest BCUT2D eigenvalue weighted by Crippen LogP contribution is -2.45. The van der Waals surface area contributed by atoms with E-state index in [1.165, 1.54) is 42.2 Å². The highest BCUT2D eigenvalue weighted by Gasteiger charge is 2.31. The zero-order chi connectivity index (χ0) is 22.6. The number of benzene rings is 1. The van der Waals surface area contributed by atoms with Crippen LogP contribution >= 0.6 is 23.1 Å². The summed E-state index contributed by atoms with van der Waals surface area (Å²) in [7, 11) is -3.92. The fourth-order valence-electron chi connectivity index (χ4n) is 2.50. The van der Waals surface area contributed by atoms with Gasteiger partial charge in [-0.3, -0.25) is 24.5 Å². The number of amides is 1. The molecule has 0 unspecified atom stereocenters. The second kappa shape index (κ2) is 9.71. The maximum Gasteiger partial charge on any atom is 0.271 e. The van der Waals surface area contributed by atoms with E-state index in [1.54, 1.807) is 6.92 Å². The van der Waals surface area contributed by atoms with Crippen LogP contribution in [0.3, 0.4) is 0 Å². The molecule has 1 N–H and O–H groups in total. The van der Waals surface area contributed by atoms with Crippen LogP contribution in [0.4, 0.5) is 16.5 Å². The molecule has 1 amide bonds. The minimum Gasteiger partial charge on any atom is -0.299 e. The molecule has 0 saturated carbocycles. The van der Waals surface area contributed by atoms with Crippen LogP contribution in [0.15, 0.2) is 22.5 Å². The summed E-state index contributed by atoms with van der Waals surface area (Å²) in [5.74, 6) is 0.703. The first kappa shape index (κ1) is 24.0. The van der Waals surface area contributed by atoms with Crippen LogP contribution in [0, 0.1) is 23.0 Å². The molecule has 1 aromatic heterocycles. The van der Waals surface area contributed by atoms with Crippen molar-refractivity contribution < 1.29 is 18.1 Å². The first-order valence-corrected chi connectivity index (χ1v) is 12.6. The molecule has 2 rings (SSSR count). The van der Waals surface area contributed by atoms with Crippen LogP contribution in [0.25, 0.3) is 0 Å². The van der Waals surface area contributed by atoms with Gasteiger partial charge >= 0.3 is 0 Å². The monoisotopic (exact) mass is 473 g/mol. The topological polar surface area (TPSA) is 135 Å². The number of carbonyl (C=O) groups excluding carboxylic acids is 1. The summed E-state index contributed by atoms with van der Waals surface area (Å²) in [6.07, 6.45) is 0.945. The fraction of sp³-hybridized carbons (Fsp3) is 0.471. The molecular weight excluding hydrogens is 450 g/mol. The molecule has 30 heavy (non-hydrogen) atoms. The standard InChI is InChI=1S/C17H23N5O5S3/c1-10(2)9-28-17-20-19-16(29-17)18-15(23)12(4)21(30(5,26)27)14-8-13(22(24)25)7-6-11(14)3/h6-8,10,12H,9H2,1-5H3,(H,18,19,23)/t12-/m0/s1. The zero-order valence-electron chi connectivity index (χ0n) is 17.1. The van der Waals surface area contributed by atoms with Gasteiger partial charge in [0, 0.05) is 17.9 Å². The van der Waals surface area contributed by atoms with E-state index in [-0.39, 0.29) is 16.5 Å². The van der Waals surface area contributed by atoms with Gasteiger partial charge in [-0.15, -0.1) is 10.2 Å². The van der Waals surface area contributed by atoms with Crippen molar-refractivity contribution in [3.05, 3.63) is 33.9 Å². The lowest BCUT2D eigenvalue weighted by molar-refractivity contribution is -0.384. The Morgan fingerprint density at radius 2 is 2.00 bits per heavy atom. The first-order chi connectivity index (χ1) is 13.9. The largest absolute Gasteiger partial charge is 0.299 e. The van der Waals surface area contributed by atoms with Gasteiger partial charge in [0.05, 0.1) is 16.9 Å². The van der Waals surface area contributed by atoms with Crippen LogP contribution in [-0.4, -0.2) is 47.5 Å².